The molecule has 7 nitrogen and oxygen atoms in total. The maximum Gasteiger partial charge on any atom is 0.218 e. The fourth-order valence-corrected chi connectivity index (χ4v) is 2.41. The van der Waals surface area contributed by atoms with Crippen molar-refractivity contribution in [2.24, 2.45) is 4.99 Å². The molecule has 27 heavy (non-hydrogen) atoms. The minimum absolute atomic E-state index is 0. The number of benzene rings is 1. The quantitative estimate of drug-likeness (QED) is 0.340. The third-order valence-electron chi connectivity index (χ3n) is 3.74. The van der Waals surface area contributed by atoms with Crippen LogP contribution < -0.4 is 24.8 Å². The van der Waals surface area contributed by atoms with Crippen LogP contribution in [0.15, 0.2) is 41.5 Å². The third-order valence-corrected chi connectivity index (χ3v) is 3.74. The van der Waals surface area contributed by atoms with E-state index in [0.29, 0.717) is 24.9 Å². The minimum atomic E-state index is 0. The molecule has 2 aromatic rings. The van der Waals surface area contributed by atoms with Gasteiger partial charge in [0.05, 0.1) is 27.9 Å². The summed E-state index contributed by atoms with van der Waals surface area (Å²) in [6.45, 7) is 3.82. The second kappa shape index (κ2) is 12.2. The maximum atomic E-state index is 5.43. The first kappa shape index (κ1) is 22.8. The van der Waals surface area contributed by atoms with Gasteiger partial charge in [0.15, 0.2) is 5.96 Å². The van der Waals surface area contributed by atoms with E-state index in [9.17, 15) is 0 Å². The molecule has 1 aromatic carbocycles. The molecule has 8 heteroatoms. The standard InChI is InChI=1S/C19H26N4O3.HI/c1-5-20-19(23-13-15-7-6-10-21-18(15)26-4)22-12-14-8-9-16(24-2)11-17(14)25-3;/h6-11H,5,12-13H2,1-4H3,(H2,20,22,23);1H. The summed E-state index contributed by atoms with van der Waals surface area (Å²) in [5, 5.41) is 6.55. The Morgan fingerprint density at radius 1 is 1.04 bits per heavy atom. The highest BCUT2D eigenvalue weighted by Gasteiger charge is 2.07. The van der Waals surface area contributed by atoms with Crippen molar-refractivity contribution in [2.75, 3.05) is 27.9 Å². The van der Waals surface area contributed by atoms with Gasteiger partial charge in [-0.05, 0) is 25.1 Å². The molecule has 0 fully saturated rings. The largest absolute Gasteiger partial charge is 0.497 e. The molecule has 0 atom stereocenters. The summed E-state index contributed by atoms with van der Waals surface area (Å²) < 4.78 is 15.9. The zero-order valence-corrected chi connectivity index (χ0v) is 18.4. The van der Waals surface area contributed by atoms with Crippen molar-refractivity contribution in [1.29, 1.82) is 0 Å². The molecule has 1 heterocycles. The molecule has 0 unspecified atom stereocenters. The summed E-state index contributed by atoms with van der Waals surface area (Å²) >= 11 is 0. The van der Waals surface area contributed by atoms with E-state index in [1.165, 1.54) is 0 Å². The lowest BCUT2D eigenvalue weighted by Crippen LogP contribution is -2.36. The lowest BCUT2D eigenvalue weighted by Gasteiger charge is -2.14. The molecule has 0 aliphatic heterocycles. The summed E-state index contributed by atoms with van der Waals surface area (Å²) in [5.41, 5.74) is 1.94. The fourth-order valence-electron chi connectivity index (χ4n) is 2.41. The predicted molar refractivity (Wildman–Crippen MR) is 117 cm³/mol. The summed E-state index contributed by atoms with van der Waals surface area (Å²) in [5.74, 6) is 2.82. The molecule has 0 aliphatic rings. The van der Waals surface area contributed by atoms with Crippen LogP contribution in [0.5, 0.6) is 17.4 Å². The van der Waals surface area contributed by atoms with Gasteiger partial charge in [-0.2, -0.15) is 0 Å². The highest BCUT2D eigenvalue weighted by atomic mass is 127. The molecular formula is C19H27IN4O3. The van der Waals surface area contributed by atoms with Crippen LogP contribution in [0.4, 0.5) is 0 Å². The predicted octanol–water partition coefficient (Wildman–Crippen LogP) is 2.98. The van der Waals surface area contributed by atoms with Crippen LogP contribution in [0.25, 0.3) is 0 Å². The zero-order chi connectivity index (χ0) is 18.8. The highest BCUT2D eigenvalue weighted by Crippen LogP contribution is 2.24. The summed E-state index contributed by atoms with van der Waals surface area (Å²) in [6.07, 6.45) is 1.70. The topological polar surface area (TPSA) is 77.0 Å². The molecule has 0 saturated carbocycles. The van der Waals surface area contributed by atoms with Gasteiger partial charge < -0.3 is 24.8 Å². The summed E-state index contributed by atoms with van der Waals surface area (Å²) in [7, 11) is 4.89. The Morgan fingerprint density at radius 3 is 2.52 bits per heavy atom. The Hall–Kier alpha value is -2.23. The SMILES string of the molecule is CCNC(=NCc1cccnc1OC)NCc1ccc(OC)cc1OC.I. The van der Waals surface area contributed by atoms with E-state index < -0.39 is 0 Å². The number of hydrogen-bond acceptors (Lipinski definition) is 5. The van der Waals surface area contributed by atoms with Gasteiger partial charge in [0.25, 0.3) is 0 Å². The van der Waals surface area contributed by atoms with Crippen LogP contribution >= 0.6 is 24.0 Å². The van der Waals surface area contributed by atoms with Crippen molar-refractivity contribution in [1.82, 2.24) is 15.6 Å². The first-order valence-electron chi connectivity index (χ1n) is 8.42. The van der Waals surface area contributed by atoms with E-state index >= 15 is 0 Å². The Kier molecular flexibility index (Phi) is 10.3. The molecule has 0 radical (unpaired) electrons. The Labute approximate surface area is 177 Å². The highest BCUT2D eigenvalue weighted by molar-refractivity contribution is 14.0. The van der Waals surface area contributed by atoms with Gasteiger partial charge in [0.2, 0.25) is 5.88 Å². The first-order chi connectivity index (χ1) is 12.7. The van der Waals surface area contributed by atoms with Gasteiger partial charge in [-0.3, -0.25) is 0 Å². The summed E-state index contributed by atoms with van der Waals surface area (Å²) in [6, 6.07) is 9.56. The number of pyridine rings is 1. The van der Waals surface area contributed by atoms with Crippen LogP contribution in [-0.2, 0) is 13.1 Å². The van der Waals surface area contributed by atoms with E-state index in [1.54, 1.807) is 27.5 Å². The average Bonchev–Trinajstić information content (AvgIpc) is 2.70. The average molecular weight is 486 g/mol. The molecule has 0 amide bonds. The second-order valence-electron chi connectivity index (χ2n) is 5.40. The smallest absolute Gasteiger partial charge is 0.218 e. The molecule has 148 valence electrons. The normalized spacial score (nSPS) is 10.6. The molecule has 0 aliphatic carbocycles. The van der Waals surface area contributed by atoms with Crippen LogP contribution in [0.3, 0.4) is 0 Å². The Balaban J connectivity index is 0.00000364. The fraction of sp³-hybridized carbons (Fsp3) is 0.368. The Morgan fingerprint density at radius 2 is 1.85 bits per heavy atom. The van der Waals surface area contributed by atoms with Crippen molar-refractivity contribution in [2.45, 2.75) is 20.0 Å². The van der Waals surface area contributed by atoms with Crippen LogP contribution in [0, 0.1) is 0 Å². The molecule has 2 N–H and O–H groups in total. The monoisotopic (exact) mass is 486 g/mol. The van der Waals surface area contributed by atoms with Gasteiger partial charge in [-0.1, -0.05) is 6.07 Å². The van der Waals surface area contributed by atoms with Crippen LogP contribution in [0.2, 0.25) is 0 Å². The number of aliphatic imine (C=N–C) groups is 1. The number of hydrogen-bond donors (Lipinski definition) is 2. The lowest BCUT2D eigenvalue weighted by molar-refractivity contribution is 0.390. The van der Waals surface area contributed by atoms with Gasteiger partial charge in [-0.25, -0.2) is 9.98 Å². The van der Waals surface area contributed by atoms with E-state index in [4.69, 9.17) is 14.2 Å². The minimum Gasteiger partial charge on any atom is -0.497 e. The Bertz CT molecular complexity index is 741. The number of aromatic nitrogens is 1. The number of methoxy groups -OCH3 is 3. The van der Waals surface area contributed by atoms with Crippen molar-refractivity contribution in [3.05, 3.63) is 47.7 Å². The van der Waals surface area contributed by atoms with E-state index in [0.717, 1.165) is 29.2 Å². The van der Waals surface area contributed by atoms with Crippen LogP contribution in [-0.4, -0.2) is 38.8 Å². The van der Waals surface area contributed by atoms with Crippen molar-refractivity contribution >= 4 is 29.9 Å². The number of guanidine groups is 1. The molecule has 2 rings (SSSR count). The van der Waals surface area contributed by atoms with Crippen molar-refractivity contribution in [3.63, 3.8) is 0 Å². The molecule has 1 aromatic heterocycles. The molecule has 0 spiro atoms. The van der Waals surface area contributed by atoms with E-state index in [1.807, 2.05) is 37.3 Å². The number of nitrogens with zero attached hydrogens (tertiary/aromatic N) is 2. The number of nitrogens with one attached hydrogen (secondary N) is 2. The van der Waals surface area contributed by atoms with Gasteiger partial charge >= 0.3 is 0 Å². The zero-order valence-electron chi connectivity index (χ0n) is 16.1. The number of halogens is 1. The van der Waals surface area contributed by atoms with Gasteiger partial charge in [0, 0.05) is 36.5 Å². The van der Waals surface area contributed by atoms with Crippen molar-refractivity contribution in [3.8, 4) is 17.4 Å². The van der Waals surface area contributed by atoms with E-state index in [2.05, 4.69) is 20.6 Å². The third kappa shape index (κ3) is 6.78. The van der Waals surface area contributed by atoms with Gasteiger partial charge in [0.1, 0.15) is 11.5 Å². The van der Waals surface area contributed by atoms with Crippen LogP contribution in [0.1, 0.15) is 18.1 Å². The maximum absolute atomic E-state index is 5.43. The molecule has 0 saturated heterocycles. The number of rotatable bonds is 8. The summed E-state index contributed by atoms with van der Waals surface area (Å²) in [4.78, 5) is 8.80. The van der Waals surface area contributed by atoms with E-state index in [-0.39, 0.29) is 24.0 Å². The van der Waals surface area contributed by atoms with Gasteiger partial charge in [-0.15, -0.1) is 24.0 Å². The second-order valence-corrected chi connectivity index (χ2v) is 5.40. The number of ether oxygens (including phenoxy) is 3. The first-order valence-corrected chi connectivity index (χ1v) is 8.42. The lowest BCUT2D eigenvalue weighted by atomic mass is 10.2. The molecular weight excluding hydrogens is 459 g/mol. The molecule has 0 bridgehead atoms. The van der Waals surface area contributed by atoms with Crippen molar-refractivity contribution < 1.29 is 14.2 Å².